The van der Waals surface area contributed by atoms with Gasteiger partial charge in [-0.25, -0.2) is 0 Å². The summed E-state index contributed by atoms with van der Waals surface area (Å²) in [5.41, 5.74) is 1.96. The van der Waals surface area contributed by atoms with Gasteiger partial charge in [0.15, 0.2) is 0 Å². The molecule has 21 heavy (non-hydrogen) atoms. The van der Waals surface area contributed by atoms with Crippen LogP contribution >= 0.6 is 0 Å². The Kier molecular flexibility index (Phi) is 5.79. The number of amides is 1. The summed E-state index contributed by atoms with van der Waals surface area (Å²) >= 11 is 0. The summed E-state index contributed by atoms with van der Waals surface area (Å²) in [6, 6.07) is 7.76. The van der Waals surface area contributed by atoms with Crippen molar-refractivity contribution in [3.63, 3.8) is 0 Å². The Balaban J connectivity index is 1.81. The summed E-state index contributed by atoms with van der Waals surface area (Å²) in [7, 11) is 0. The molecular weight excluding hydrogens is 266 g/mol. The molecule has 0 radical (unpaired) electrons. The average Bonchev–Trinajstić information content (AvgIpc) is 2.93. The van der Waals surface area contributed by atoms with E-state index < -0.39 is 0 Å². The molecule has 112 valence electrons. The highest BCUT2D eigenvalue weighted by Gasteiger charge is 2.27. The van der Waals surface area contributed by atoms with Crippen molar-refractivity contribution < 1.29 is 14.6 Å². The molecule has 2 rings (SSSR count). The van der Waals surface area contributed by atoms with Crippen molar-refractivity contribution in [2.45, 2.75) is 32.4 Å². The van der Waals surface area contributed by atoms with Crippen LogP contribution in [0.4, 0.5) is 0 Å². The van der Waals surface area contributed by atoms with E-state index in [0.717, 1.165) is 17.5 Å². The lowest BCUT2D eigenvalue weighted by atomic mass is 10.1. The number of aliphatic hydroxyl groups excluding tert-OH is 1. The maximum atomic E-state index is 12.0. The normalized spacial score (nSPS) is 20.7. The van der Waals surface area contributed by atoms with Crippen LogP contribution in [0.25, 0.3) is 0 Å². The highest BCUT2D eigenvalue weighted by Crippen LogP contribution is 2.19. The molecule has 2 N–H and O–H groups in total. The Bertz CT molecular complexity index is 527. The van der Waals surface area contributed by atoms with Gasteiger partial charge in [0, 0.05) is 18.5 Å². The van der Waals surface area contributed by atoms with E-state index in [9.17, 15) is 4.79 Å². The number of rotatable bonds is 4. The molecule has 1 aliphatic heterocycles. The standard InChI is InChI=1S/C17H21NO3/c1-13-10-16(12-21-13)17(20)18-11-15-7-5-14(6-8-15)4-2-3-9-19/h5-8,13,16,19H,3,9-12H2,1H3,(H,18,20). The third-order valence-electron chi connectivity index (χ3n) is 3.46. The van der Waals surface area contributed by atoms with Crippen molar-refractivity contribution in [2.75, 3.05) is 13.2 Å². The van der Waals surface area contributed by atoms with Crippen LogP contribution in [0.3, 0.4) is 0 Å². The minimum absolute atomic E-state index is 0.0244. The first-order valence-electron chi connectivity index (χ1n) is 7.27. The highest BCUT2D eigenvalue weighted by molar-refractivity contribution is 5.79. The van der Waals surface area contributed by atoms with E-state index in [2.05, 4.69) is 17.2 Å². The molecule has 1 fully saturated rings. The van der Waals surface area contributed by atoms with Gasteiger partial charge in [-0.15, -0.1) is 0 Å². The zero-order valence-corrected chi connectivity index (χ0v) is 12.3. The fraction of sp³-hybridized carbons (Fsp3) is 0.471. The van der Waals surface area contributed by atoms with Crippen molar-refractivity contribution in [3.05, 3.63) is 35.4 Å². The maximum absolute atomic E-state index is 12.0. The topological polar surface area (TPSA) is 58.6 Å². The summed E-state index contributed by atoms with van der Waals surface area (Å²) in [4.78, 5) is 12.0. The Morgan fingerprint density at radius 1 is 1.43 bits per heavy atom. The second kappa shape index (κ2) is 7.82. The number of hydrogen-bond donors (Lipinski definition) is 2. The quantitative estimate of drug-likeness (QED) is 0.824. The van der Waals surface area contributed by atoms with Crippen LogP contribution in [0.15, 0.2) is 24.3 Å². The number of hydrogen-bond acceptors (Lipinski definition) is 3. The lowest BCUT2D eigenvalue weighted by molar-refractivity contribution is -0.125. The molecular formula is C17H21NO3. The average molecular weight is 287 g/mol. The lowest BCUT2D eigenvalue weighted by Crippen LogP contribution is -2.30. The molecule has 1 heterocycles. The summed E-state index contributed by atoms with van der Waals surface area (Å²) < 4.78 is 5.41. The Hall–Kier alpha value is -1.83. The molecule has 2 unspecified atom stereocenters. The first-order chi connectivity index (χ1) is 10.2. The first kappa shape index (κ1) is 15.6. The minimum Gasteiger partial charge on any atom is -0.395 e. The molecule has 0 saturated carbocycles. The maximum Gasteiger partial charge on any atom is 0.225 e. The largest absolute Gasteiger partial charge is 0.395 e. The van der Waals surface area contributed by atoms with Crippen LogP contribution in [-0.2, 0) is 16.1 Å². The molecule has 1 amide bonds. The van der Waals surface area contributed by atoms with Crippen molar-refractivity contribution in [3.8, 4) is 11.8 Å². The van der Waals surface area contributed by atoms with Gasteiger partial charge in [-0.3, -0.25) is 4.79 Å². The van der Waals surface area contributed by atoms with Crippen molar-refractivity contribution >= 4 is 5.91 Å². The molecule has 1 saturated heterocycles. The molecule has 4 heteroatoms. The predicted octanol–water partition coefficient (Wildman–Crippen LogP) is 1.46. The minimum atomic E-state index is -0.0244. The first-order valence-corrected chi connectivity index (χ1v) is 7.27. The number of ether oxygens (including phenoxy) is 1. The van der Waals surface area contributed by atoms with Crippen molar-refractivity contribution in [1.29, 1.82) is 0 Å². The van der Waals surface area contributed by atoms with Crippen LogP contribution < -0.4 is 5.32 Å². The number of carbonyl (C=O) groups excluding carboxylic acids is 1. The van der Waals surface area contributed by atoms with E-state index in [1.165, 1.54) is 0 Å². The Morgan fingerprint density at radius 3 is 2.81 bits per heavy atom. The third kappa shape index (κ3) is 4.89. The molecule has 0 spiro atoms. The summed E-state index contributed by atoms with van der Waals surface area (Å²) in [5, 5.41) is 11.6. The van der Waals surface area contributed by atoms with Gasteiger partial charge in [0.05, 0.1) is 25.2 Å². The van der Waals surface area contributed by atoms with Crippen molar-refractivity contribution in [2.24, 2.45) is 5.92 Å². The molecule has 1 aliphatic rings. The molecule has 2 atom stereocenters. The lowest BCUT2D eigenvalue weighted by Gasteiger charge is -2.09. The number of carbonyl (C=O) groups is 1. The fourth-order valence-electron chi connectivity index (χ4n) is 2.26. The van der Waals surface area contributed by atoms with Crippen LogP contribution in [-0.4, -0.2) is 30.3 Å². The van der Waals surface area contributed by atoms with E-state index in [1.807, 2.05) is 31.2 Å². The van der Waals surface area contributed by atoms with Gasteiger partial charge >= 0.3 is 0 Å². The van der Waals surface area contributed by atoms with Gasteiger partial charge in [-0.1, -0.05) is 24.0 Å². The van der Waals surface area contributed by atoms with E-state index >= 15 is 0 Å². The molecule has 0 aromatic heterocycles. The Morgan fingerprint density at radius 2 is 2.19 bits per heavy atom. The van der Waals surface area contributed by atoms with Gasteiger partial charge < -0.3 is 15.2 Å². The van der Waals surface area contributed by atoms with Gasteiger partial charge in [-0.2, -0.15) is 0 Å². The molecule has 0 bridgehead atoms. The van der Waals surface area contributed by atoms with Crippen LogP contribution in [0.2, 0.25) is 0 Å². The van der Waals surface area contributed by atoms with E-state index in [0.29, 0.717) is 19.6 Å². The second-order valence-electron chi connectivity index (χ2n) is 5.27. The summed E-state index contributed by atoms with van der Waals surface area (Å²) in [5.74, 6) is 5.89. The van der Waals surface area contributed by atoms with Gasteiger partial charge in [0.2, 0.25) is 5.91 Å². The van der Waals surface area contributed by atoms with Crippen molar-refractivity contribution in [1.82, 2.24) is 5.32 Å². The second-order valence-corrected chi connectivity index (χ2v) is 5.27. The van der Waals surface area contributed by atoms with Crippen LogP contribution in [0, 0.1) is 17.8 Å². The molecule has 1 aromatic carbocycles. The summed E-state index contributed by atoms with van der Waals surface area (Å²) in [6.07, 6.45) is 1.46. The monoisotopic (exact) mass is 287 g/mol. The van der Waals surface area contributed by atoms with Gasteiger partial charge in [0.1, 0.15) is 0 Å². The fourth-order valence-corrected chi connectivity index (χ4v) is 2.26. The van der Waals surface area contributed by atoms with E-state index in [-0.39, 0.29) is 24.5 Å². The van der Waals surface area contributed by atoms with E-state index in [1.54, 1.807) is 0 Å². The highest BCUT2D eigenvalue weighted by atomic mass is 16.5. The predicted molar refractivity (Wildman–Crippen MR) is 80.4 cm³/mol. The van der Waals surface area contributed by atoms with Gasteiger partial charge in [-0.05, 0) is 31.0 Å². The number of benzene rings is 1. The number of aliphatic hydroxyl groups is 1. The van der Waals surface area contributed by atoms with E-state index in [4.69, 9.17) is 9.84 Å². The smallest absolute Gasteiger partial charge is 0.225 e. The summed E-state index contributed by atoms with van der Waals surface area (Å²) in [6.45, 7) is 3.12. The molecule has 4 nitrogen and oxygen atoms in total. The SMILES string of the molecule is CC1CC(C(=O)NCc2ccc(C#CCCO)cc2)CO1. The number of nitrogens with one attached hydrogen (secondary N) is 1. The molecule has 0 aliphatic carbocycles. The van der Waals surface area contributed by atoms with Crippen LogP contribution in [0.1, 0.15) is 30.9 Å². The third-order valence-corrected chi connectivity index (χ3v) is 3.46. The zero-order valence-electron chi connectivity index (χ0n) is 12.3. The molecule has 1 aromatic rings. The van der Waals surface area contributed by atoms with Gasteiger partial charge in [0.25, 0.3) is 0 Å². The Labute approximate surface area is 125 Å². The zero-order chi connectivity index (χ0) is 15.1. The van der Waals surface area contributed by atoms with Crippen LogP contribution in [0.5, 0.6) is 0 Å².